The molecule has 6 heteroatoms. The summed E-state index contributed by atoms with van der Waals surface area (Å²) in [6.07, 6.45) is 5.67. The van der Waals surface area contributed by atoms with Crippen molar-refractivity contribution in [3.05, 3.63) is 33.7 Å². The van der Waals surface area contributed by atoms with Crippen LogP contribution in [0.3, 0.4) is 0 Å². The van der Waals surface area contributed by atoms with E-state index < -0.39 is 0 Å². The van der Waals surface area contributed by atoms with Crippen LogP contribution in [0.5, 0.6) is 0 Å². The lowest BCUT2D eigenvalue weighted by Gasteiger charge is -2.21. The van der Waals surface area contributed by atoms with Gasteiger partial charge in [-0.2, -0.15) is 9.78 Å². The smallest absolute Gasteiger partial charge is 0.256 e. The fourth-order valence-electron chi connectivity index (χ4n) is 3.97. The number of nitrogen functional groups attached to an aromatic ring is 1. The first kappa shape index (κ1) is 14.8. The van der Waals surface area contributed by atoms with Gasteiger partial charge in [-0.1, -0.05) is 18.5 Å². The van der Waals surface area contributed by atoms with Crippen LogP contribution in [0.4, 0.5) is 5.82 Å². The molecule has 122 valence electrons. The number of nitrogens with zero attached hydrogens (tertiary/aromatic N) is 2. The lowest BCUT2D eigenvalue weighted by Crippen LogP contribution is -2.25. The predicted molar refractivity (Wildman–Crippen MR) is 89.9 cm³/mol. The van der Waals surface area contributed by atoms with Crippen molar-refractivity contribution in [2.24, 2.45) is 5.92 Å². The topological polar surface area (TPSA) is 76.7 Å². The molecule has 0 radical (unpaired) electrons. The normalized spacial score (nSPS) is 23.4. The monoisotopic (exact) mass is 332 g/mol. The number of nitrogens with one attached hydrogen (secondary N) is 1. The molecule has 2 atom stereocenters. The SMILES string of the molecule is CC1CCc2nn(C(=O)C3CCCc4[nH]c(Cl)cc43)c(N)c2C1. The predicted octanol–water partition coefficient (Wildman–Crippen LogP) is 3.33. The highest BCUT2D eigenvalue weighted by atomic mass is 35.5. The number of aromatic nitrogens is 3. The van der Waals surface area contributed by atoms with Crippen LogP contribution in [0.15, 0.2) is 6.07 Å². The second-order valence-electron chi connectivity index (χ2n) is 6.90. The summed E-state index contributed by atoms with van der Waals surface area (Å²) in [5.74, 6) is 0.900. The molecule has 5 nitrogen and oxygen atoms in total. The van der Waals surface area contributed by atoms with E-state index in [4.69, 9.17) is 17.3 Å². The highest BCUT2D eigenvalue weighted by Gasteiger charge is 2.32. The summed E-state index contributed by atoms with van der Waals surface area (Å²) in [7, 11) is 0. The van der Waals surface area contributed by atoms with E-state index in [9.17, 15) is 4.79 Å². The Morgan fingerprint density at radius 2 is 2.26 bits per heavy atom. The zero-order valence-corrected chi connectivity index (χ0v) is 14.0. The summed E-state index contributed by atoms with van der Waals surface area (Å²) in [4.78, 5) is 16.2. The summed E-state index contributed by atoms with van der Waals surface area (Å²) in [6, 6.07) is 1.88. The van der Waals surface area contributed by atoms with Crippen molar-refractivity contribution >= 4 is 23.3 Å². The molecule has 23 heavy (non-hydrogen) atoms. The van der Waals surface area contributed by atoms with Gasteiger partial charge in [-0.15, -0.1) is 0 Å². The first-order valence-corrected chi connectivity index (χ1v) is 8.70. The van der Waals surface area contributed by atoms with Gasteiger partial charge in [0.05, 0.1) is 11.6 Å². The lowest BCUT2D eigenvalue weighted by molar-refractivity contribution is 0.0854. The van der Waals surface area contributed by atoms with Gasteiger partial charge in [0.2, 0.25) is 0 Å². The molecular formula is C17H21ClN4O. The maximum Gasteiger partial charge on any atom is 0.256 e. The van der Waals surface area contributed by atoms with Crippen LogP contribution < -0.4 is 5.73 Å². The van der Waals surface area contributed by atoms with Crippen molar-refractivity contribution in [1.29, 1.82) is 0 Å². The summed E-state index contributed by atoms with van der Waals surface area (Å²) in [5.41, 5.74) is 10.4. The Hall–Kier alpha value is -1.75. The number of anilines is 1. The quantitative estimate of drug-likeness (QED) is 0.840. The summed E-state index contributed by atoms with van der Waals surface area (Å²) in [5, 5.41) is 5.13. The fourth-order valence-corrected chi connectivity index (χ4v) is 4.20. The van der Waals surface area contributed by atoms with Gasteiger partial charge in [-0.25, -0.2) is 0 Å². The first-order chi connectivity index (χ1) is 11.0. The second kappa shape index (κ2) is 5.41. The average Bonchev–Trinajstić information content (AvgIpc) is 3.06. The highest BCUT2D eigenvalue weighted by Crippen LogP contribution is 2.36. The third kappa shape index (κ3) is 2.38. The van der Waals surface area contributed by atoms with Crippen molar-refractivity contribution < 1.29 is 4.79 Å². The number of aromatic amines is 1. The number of aryl methyl sites for hydroxylation is 2. The Labute approximate surface area is 140 Å². The van der Waals surface area contributed by atoms with Gasteiger partial charge in [-0.05, 0) is 56.1 Å². The minimum atomic E-state index is -0.205. The molecule has 2 aliphatic rings. The average molecular weight is 333 g/mol. The van der Waals surface area contributed by atoms with Crippen molar-refractivity contribution in [2.75, 3.05) is 5.73 Å². The molecule has 2 unspecified atom stereocenters. The number of halogens is 1. The standard InChI is InChI=1S/C17H21ClN4O/c1-9-5-6-14-12(7-9)16(19)22(21-14)17(23)10-3-2-4-13-11(10)8-15(18)20-13/h8-10,20H,2-7,19H2,1H3. The maximum absolute atomic E-state index is 13.1. The molecule has 0 bridgehead atoms. The van der Waals surface area contributed by atoms with Crippen molar-refractivity contribution in [3.8, 4) is 0 Å². The largest absolute Gasteiger partial charge is 0.383 e. The number of hydrogen-bond donors (Lipinski definition) is 2. The van der Waals surface area contributed by atoms with E-state index in [2.05, 4.69) is 17.0 Å². The van der Waals surface area contributed by atoms with E-state index in [1.54, 1.807) is 0 Å². The molecule has 3 N–H and O–H groups in total. The van der Waals surface area contributed by atoms with Gasteiger partial charge >= 0.3 is 0 Å². The van der Waals surface area contributed by atoms with Crippen molar-refractivity contribution in [2.45, 2.75) is 51.4 Å². The molecular weight excluding hydrogens is 312 g/mol. The number of nitrogens with two attached hydrogens (primary N) is 1. The number of rotatable bonds is 1. The van der Waals surface area contributed by atoms with Gasteiger partial charge in [0.15, 0.2) is 0 Å². The van der Waals surface area contributed by atoms with Gasteiger partial charge < -0.3 is 10.7 Å². The Bertz CT molecular complexity index is 776. The van der Waals surface area contributed by atoms with Crippen LogP contribution in [0.1, 0.15) is 59.4 Å². The molecule has 0 saturated carbocycles. The third-order valence-electron chi connectivity index (χ3n) is 5.24. The van der Waals surface area contributed by atoms with Gasteiger partial charge in [0, 0.05) is 11.3 Å². The van der Waals surface area contributed by atoms with Gasteiger partial charge in [0.25, 0.3) is 5.91 Å². The molecule has 2 aromatic heterocycles. The Morgan fingerprint density at radius 3 is 3.09 bits per heavy atom. The number of H-pyrrole nitrogens is 1. The van der Waals surface area contributed by atoms with E-state index in [0.717, 1.165) is 61.0 Å². The molecule has 0 aliphatic heterocycles. The Balaban J connectivity index is 1.71. The van der Waals surface area contributed by atoms with Gasteiger partial charge in [0.1, 0.15) is 11.0 Å². The van der Waals surface area contributed by atoms with Crippen LogP contribution >= 0.6 is 11.6 Å². The molecule has 0 spiro atoms. The molecule has 2 aromatic rings. The summed E-state index contributed by atoms with van der Waals surface area (Å²) < 4.78 is 1.45. The Morgan fingerprint density at radius 1 is 1.43 bits per heavy atom. The summed E-state index contributed by atoms with van der Waals surface area (Å²) >= 11 is 6.08. The van der Waals surface area contributed by atoms with E-state index in [-0.39, 0.29) is 11.8 Å². The summed E-state index contributed by atoms with van der Waals surface area (Å²) in [6.45, 7) is 2.22. The first-order valence-electron chi connectivity index (χ1n) is 8.32. The number of carbonyl (C=O) groups excluding carboxylic acids is 1. The molecule has 2 heterocycles. The van der Waals surface area contributed by atoms with E-state index in [1.165, 1.54) is 4.68 Å². The molecule has 0 saturated heterocycles. The number of carbonyl (C=O) groups is 1. The minimum Gasteiger partial charge on any atom is -0.383 e. The van der Waals surface area contributed by atoms with Crippen LogP contribution in [-0.2, 0) is 19.3 Å². The molecule has 2 aliphatic carbocycles. The molecule has 0 fully saturated rings. The fraction of sp³-hybridized carbons (Fsp3) is 0.529. The third-order valence-corrected chi connectivity index (χ3v) is 5.44. The number of hydrogen-bond acceptors (Lipinski definition) is 3. The Kier molecular flexibility index (Phi) is 3.48. The van der Waals surface area contributed by atoms with Gasteiger partial charge in [-0.3, -0.25) is 4.79 Å². The van der Waals surface area contributed by atoms with Crippen LogP contribution in [-0.4, -0.2) is 20.7 Å². The maximum atomic E-state index is 13.1. The van der Waals surface area contributed by atoms with Crippen LogP contribution in [0.2, 0.25) is 5.15 Å². The molecule has 0 amide bonds. The zero-order chi connectivity index (χ0) is 16.1. The highest BCUT2D eigenvalue weighted by molar-refractivity contribution is 6.29. The molecule has 4 rings (SSSR count). The molecule has 0 aromatic carbocycles. The minimum absolute atomic E-state index is 0.0267. The number of fused-ring (bicyclic) bond motifs is 2. The zero-order valence-electron chi connectivity index (χ0n) is 13.2. The van der Waals surface area contributed by atoms with E-state index in [0.29, 0.717) is 16.9 Å². The van der Waals surface area contributed by atoms with Crippen molar-refractivity contribution in [3.63, 3.8) is 0 Å². The lowest BCUT2D eigenvalue weighted by atomic mass is 9.86. The van der Waals surface area contributed by atoms with E-state index in [1.807, 2.05) is 6.07 Å². The van der Waals surface area contributed by atoms with Crippen LogP contribution in [0, 0.1) is 5.92 Å². The van der Waals surface area contributed by atoms with Crippen LogP contribution in [0.25, 0.3) is 0 Å². The van der Waals surface area contributed by atoms with E-state index >= 15 is 0 Å². The second-order valence-corrected chi connectivity index (χ2v) is 7.31. The van der Waals surface area contributed by atoms with Crippen molar-refractivity contribution in [1.82, 2.24) is 14.8 Å².